The Labute approximate surface area is 129 Å². The molecule has 0 spiro atoms. The van der Waals surface area contributed by atoms with Crippen LogP contribution in [0.15, 0.2) is 30.3 Å². The van der Waals surface area contributed by atoms with Gasteiger partial charge in [0.2, 0.25) is 5.95 Å². The van der Waals surface area contributed by atoms with E-state index in [9.17, 15) is 0 Å². The van der Waals surface area contributed by atoms with Crippen molar-refractivity contribution in [3.05, 3.63) is 41.6 Å². The number of hydrogen-bond acceptors (Lipinski definition) is 6. The Hall–Kier alpha value is -2.65. The van der Waals surface area contributed by atoms with Crippen LogP contribution in [-0.2, 0) is 4.74 Å². The maximum Gasteiger partial charge on any atom is 0.227 e. The summed E-state index contributed by atoms with van der Waals surface area (Å²) in [6.45, 7) is 4.90. The fourth-order valence-electron chi connectivity index (χ4n) is 2.35. The van der Waals surface area contributed by atoms with Gasteiger partial charge >= 0.3 is 0 Å². The highest BCUT2D eigenvalue weighted by molar-refractivity contribution is 5.65. The van der Waals surface area contributed by atoms with E-state index in [0.717, 1.165) is 24.5 Å². The summed E-state index contributed by atoms with van der Waals surface area (Å²) in [7, 11) is 0. The number of benzene rings is 1. The predicted molar refractivity (Wildman–Crippen MR) is 84.2 cm³/mol. The lowest BCUT2D eigenvalue weighted by molar-refractivity contribution is 0.122. The number of rotatable bonds is 3. The largest absolute Gasteiger partial charge is 0.378 e. The van der Waals surface area contributed by atoms with Gasteiger partial charge in [0.15, 0.2) is 0 Å². The third-order valence-electron chi connectivity index (χ3n) is 3.45. The number of nitrogens with zero attached hydrogens (tertiary/aromatic N) is 4. The summed E-state index contributed by atoms with van der Waals surface area (Å²) < 4.78 is 5.36. The molecule has 6 heteroatoms. The first-order valence-corrected chi connectivity index (χ1v) is 7.21. The standard InChI is InChI=1S/C16H17N5O/c1-12-10-15(19-14-5-3-2-4-13(14)11-17)20-16(18-12)21-6-8-22-9-7-21/h2-5,10H,6-9H2,1H3,(H,18,19,20). The van der Waals surface area contributed by atoms with Gasteiger partial charge in [0, 0.05) is 24.8 Å². The molecule has 1 fully saturated rings. The number of para-hydroxylation sites is 1. The first-order valence-electron chi connectivity index (χ1n) is 7.21. The molecule has 1 aliphatic heterocycles. The highest BCUT2D eigenvalue weighted by atomic mass is 16.5. The van der Waals surface area contributed by atoms with Crippen molar-refractivity contribution in [2.24, 2.45) is 0 Å². The minimum absolute atomic E-state index is 0.590. The summed E-state index contributed by atoms with van der Waals surface area (Å²) >= 11 is 0. The summed E-state index contributed by atoms with van der Waals surface area (Å²) in [5, 5.41) is 12.4. The topological polar surface area (TPSA) is 74.1 Å². The van der Waals surface area contributed by atoms with Crippen molar-refractivity contribution in [3.8, 4) is 6.07 Å². The van der Waals surface area contributed by atoms with Gasteiger partial charge < -0.3 is 15.0 Å². The van der Waals surface area contributed by atoms with Crippen molar-refractivity contribution in [3.63, 3.8) is 0 Å². The lowest BCUT2D eigenvalue weighted by atomic mass is 10.2. The zero-order chi connectivity index (χ0) is 15.4. The maximum absolute atomic E-state index is 9.16. The molecule has 0 amide bonds. The minimum Gasteiger partial charge on any atom is -0.378 e. The number of morpholine rings is 1. The lowest BCUT2D eigenvalue weighted by Crippen LogP contribution is -2.37. The zero-order valence-corrected chi connectivity index (χ0v) is 12.4. The van der Waals surface area contributed by atoms with Crippen LogP contribution in [0.5, 0.6) is 0 Å². The molecule has 0 bridgehead atoms. The Morgan fingerprint density at radius 2 is 2.00 bits per heavy atom. The summed E-state index contributed by atoms with van der Waals surface area (Å²) in [6.07, 6.45) is 0. The van der Waals surface area contributed by atoms with E-state index in [0.29, 0.717) is 30.5 Å². The molecule has 1 saturated heterocycles. The van der Waals surface area contributed by atoms with Gasteiger partial charge in [-0.3, -0.25) is 0 Å². The average Bonchev–Trinajstić information content (AvgIpc) is 2.56. The van der Waals surface area contributed by atoms with Crippen LogP contribution in [0, 0.1) is 18.3 Å². The molecule has 2 aromatic rings. The van der Waals surface area contributed by atoms with E-state index in [-0.39, 0.29) is 0 Å². The van der Waals surface area contributed by atoms with Crippen LogP contribution in [0.1, 0.15) is 11.3 Å². The van der Waals surface area contributed by atoms with Crippen molar-refractivity contribution in [1.29, 1.82) is 5.26 Å². The smallest absolute Gasteiger partial charge is 0.227 e. The van der Waals surface area contributed by atoms with E-state index in [4.69, 9.17) is 10.00 Å². The number of hydrogen-bond donors (Lipinski definition) is 1. The van der Waals surface area contributed by atoms with Crippen LogP contribution in [0.2, 0.25) is 0 Å². The van der Waals surface area contributed by atoms with E-state index in [1.807, 2.05) is 31.2 Å². The molecule has 1 aromatic carbocycles. The molecule has 6 nitrogen and oxygen atoms in total. The van der Waals surface area contributed by atoms with E-state index in [1.165, 1.54) is 0 Å². The Bertz CT molecular complexity index is 704. The van der Waals surface area contributed by atoms with Gasteiger partial charge in [0.05, 0.1) is 24.5 Å². The number of anilines is 3. The molecule has 0 aliphatic carbocycles. The van der Waals surface area contributed by atoms with Gasteiger partial charge in [0.1, 0.15) is 11.9 Å². The quantitative estimate of drug-likeness (QED) is 0.936. The number of ether oxygens (including phenoxy) is 1. The maximum atomic E-state index is 9.16. The Morgan fingerprint density at radius 1 is 1.23 bits per heavy atom. The van der Waals surface area contributed by atoms with Crippen molar-refractivity contribution in [2.75, 3.05) is 36.5 Å². The van der Waals surface area contributed by atoms with Crippen LogP contribution in [0.4, 0.5) is 17.5 Å². The zero-order valence-electron chi connectivity index (χ0n) is 12.4. The highest BCUT2D eigenvalue weighted by Crippen LogP contribution is 2.21. The first kappa shape index (κ1) is 14.3. The summed E-state index contributed by atoms with van der Waals surface area (Å²) in [5.41, 5.74) is 2.22. The van der Waals surface area contributed by atoms with Gasteiger partial charge in [-0.1, -0.05) is 12.1 Å². The van der Waals surface area contributed by atoms with Crippen LogP contribution in [0.25, 0.3) is 0 Å². The van der Waals surface area contributed by atoms with Crippen molar-refractivity contribution < 1.29 is 4.74 Å². The Balaban J connectivity index is 1.88. The molecule has 3 rings (SSSR count). The fourth-order valence-corrected chi connectivity index (χ4v) is 2.35. The third-order valence-corrected chi connectivity index (χ3v) is 3.45. The molecule has 1 aliphatic rings. The normalized spacial score (nSPS) is 14.5. The van der Waals surface area contributed by atoms with Crippen LogP contribution >= 0.6 is 0 Å². The van der Waals surface area contributed by atoms with Gasteiger partial charge in [-0.2, -0.15) is 10.2 Å². The number of aromatic nitrogens is 2. The average molecular weight is 295 g/mol. The molecule has 22 heavy (non-hydrogen) atoms. The molecule has 1 N–H and O–H groups in total. The lowest BCUT2D eigenvalue weighted by Gasteiger charge is -2.27. The number of nitrogens with one attached hydrogen (secondary N) is 1. The number of aryl methyl sites for hydroxylation is 1. The van der Waals surface area contributed by atoms with E-state index < -0.39 is 0 Å². The molecule has 1 aromatic heterocycles. The second-order valence-corrected chi connectivity index (χ2v) is 5.08. The van der Waals surface area contributed by atoms with Crippen LogP contribution in [-0.4, -0.2) is 36.3 Å². The Kier molecular flexibility index (Phi) is 4.17. The fraction of sp³-hybridized carbons (Fsp3) is 0.312. The molecular formula is C16H17N5O. The van der Waals surface area contributed by atoms with Gasteiger partial charge in [0.25, 0.3) is 0 Å². The van der Waals surface area contributed by atoms with E-state index >= 15 is 0 Å². The van der Waals surface area contributed by atoms with E-state index in [2.05, 4.69) is 26.3 Å². The third kappa shape index (κ3) is 3.15. The van der Waals surface area contributed by atoms with Crippen LogP contribution < -0.4 is 10.2 Å². The van der Waals surface area contributed by atoms with Crippen molar-refractivity contribution >= 4 is 17.5 Å². The monoisotopic (exact) mass is 295 g/mol. The van der Waals surface area contributed by atoms with Gasteiger partial charge in [-0.25, -0.2) is 4.98 Å². The minimum atomic E-state index is 0.590. The molecule has 112 valence electrons. The molecule has 2 heterocycles. The van der Waals surface area contributed by atoms with Gasteiger partial charge in [-0.05, 0) is 19.1 Å². The molecule has 0 atom stereocenters. The second kappa shape index (κ2) is 6.41. The molecule has 0 radical (unpaired) electrons. The van der Waals surface area contributed by atoms with Gasteiger partial charge in [-0.15, -0.1) is 0 Å². The summed E-state index contributed by atoms with van der Waals surface area (Å²) in [4.78, 5) is 11.2. The van der Waals surface area contributed by atoms with Crippen molar-refractivity contribution in [1.82, 2.24) is 9.97 Å². The SMILES string of the molecule is Cc1cc(Nc2ccccc2C#N)nc(N2CCOCC2)n1. The number of nitriles is 1. The van der Waals surface area contributed by atoms with Crippen LogP contribution in [0.3, 0.4) is 0 Å². The van der Waals surface area contributed by atoms with E-state index in [1.54, 1.807) is 6.07 Å². The molecule has 0 saturated carbocycles. The first-order chi connectivity index (χ1) is 10.8. The highest BCUT2D eigenvalue weighted by Gasteiger charge is 2.15. The predicted octanol–water partition coefficient (Wildman–Crippen LogP) is 2.24. The summed E-state index contributed by atoms with van der Waals surface area (Å²) in [5.74, 6) is 1.39. The molecule has 0 unspecified atom stereocenters. The Morgan fingerprint density at radius 3 is 2.77 bits per heavy atom. The van der Waals surface area contributed by atoms with Crippen molar-refractivity contribution in [2.45, 2.75) is 6.92 Å². The second-order valence-electron chi connectivity index (χ2n) is 5.08. The molecular weight excluding hydrogens is 278 g/mol. The summed E-state index contributed by atoms with van der Waals surface area (Å²) in [6, 6.07) is 11.4.